The van der Waals surface area contributed by atoms with E-state index in [-0.39, 0.29) is 17.2 Å². The maximum Gasteiger partial charge on any atom is 0.433 e. The fourth-order valence-electron chi connectivity index (χ4n) is 1.30. The average Bonchev–Trinajstić information content (AvgIpc) is 2.35. The Hall–Kier alpha value is -1.99. The van der Waals surface area contributed by atoms with Gasteiger partial charge in [-0.3, -0.25) is 0 Å². The third-order valence-corrected chi connectivity index (χ3v) is 2.39. The van der Waals surface area contributed by atoms with Crippen molar-refractivity contribution < 1.29 is 18.4 Å². The first-order chi connectivity index (χ1) is 8.31. The van der Waals surface area contributed by atoms with Gasteiger partial charge in [-0.1, -0.05) is 5.16 Å². The lowest BCUT2D eigenvalue weighted by atomic mass is 10.2. The number of hydrogen-bond acceptors (Lipinski definition) is 4. The summed E-state index contributed by atoms with van der Waals surface area (Å²) >= 11 is 0. The lowest BCUT2D eigenvalue weighted by molar-refractivity contribution is -0.141. The van der Waals surface area contributed by atoms with Crippen molar-refractivity contribution in [2.45, 2.75) is 13.1 Å². The highest BCUT2D eigenvalue weighted by atomic mass is 19.4. The molecule has 1 rings (SSSR count). The van der Waals surface area contributed by atoms with E-state index in [0.29, 0.717) is 6.54 Å². The molecule has 0 saturated carbocycles. The highest BCUT2D eigenvalue weighted by molar-refractivity contribution is 6.01. The lowest BCUT2D eigenvalue weighted by Crippen LogP contribution is -2.25. The molecule has 0 saturated heterocycles. The summed E-state index contributed by atoms with van der Waals surface area (Å²) in [4.78, 5) is 4.99. The topological polar surface area (TPSA) is 74.7 Å². The summed E-state index contributed by atoms with van der Waals surface area (Å²) in [5, 5.41) is 11.4. The molecule has 0 unspecified atom stereocenters. The van der Waals surface area contributed by atoms with Crippen LogP contribution in [0.15, 0.2) is 17.3 Å². The molecule has 3 N–H and O–H groups in total. The number of hydrogen-bond donors (Lipinski definition) is 2. The normalized spacial score (nSPS) is 12.6. The van der Waals surface area contributed by atoms with Crippen molar-refractivity contribution in [2.75, 3.05) is 18.5 Å². The van der Waals surface area contributed by atoms with Crippen LogP contribution >= 0.6 is 0 Å². The van der Waals surface area contributed by atoms with Gasteiger partial charge in [0, 0.05) is 13.6 Å². The van der Waals surface area contributed by atoms with Crippen LogP contribution < -0.4 is 10.6 Å². The molecule has 1 aromatic heterocycles. The summed E-state index contributed by atoms with van der Waals surface area (Å²) in [6, 6.07) is 1.92. The maximum absolute atomic E-state index is 12.6. The summed E-state index contributed by atoms with van der Waals surface area (Å²) in [5.41, 5.74) is 4.53. The van der Waals surface area contributed by atoms with E-state index >= 15 is 0 Å². The van der Waals surface area contributed by atoms with Crippen LogP contribution in [0.5, 0.6) is 0 Å². The molecule has 0 amide bonds. The van der Waals surface area contributed by atoms with Crippen molar-refractivity contribution in [3.05, 3.63) is 23.4 Å². The summed E-state index contributed by atoms with van der Waals surface area (Å²) in [6.45, 7) is 2.18. The predicted molar refractivity (Wildman–Crippen MR) is 60.7 cm³/mol. The minimum atomic E-state index is -4.53. The summed E-state index contributed by atoms with van der Waals surface area (Å²) < 4.78 is 37.7. The molecule has 0 aromatic carbocycles. The van der Waals surface area contributed by atoms with E-state index in [0.717, 1.165) is 12.1 Å². The fraction of sp³-hybridized carbons (Fsp3) is 0.400. The van der Waals surface area contributed by atoms with Crippen LogP contribution in [0, 0.1) is 0 Å². The molecule has 1 heterocycles. The molecule has 0 fully saturated rings. The van der Waals surface area contributed by atoms with Crippen molar-refractivity contribution in [3.63, 3.8) is 0 Å². The molecule has 0 aliphatic carbocycles. The van der Waals surface area contributed by atoms with Gasteiger partial charge in [-0.25, -0.2) is 4.98 Å². The van der Waals surface area contributed by atoms with Crippen LogP contribution in [-0.4, -0.2) is 29.6 Å². The van der Waals surface area contributed by atoms with Gasteiger partial charge in [0.1, 0.15) is 11.5 Å². The molecule has 100 valence electrons. The number of aromatic nitrogens is 1. The first kappa shape index (κ1) is 14.1. The van der Waals surface area contributed by atoms with Crippen LogP contribution in [0.25, 0.3) is 0 Å². The molecule has 0 atom stereocenters. The number of pyridine rings is 1. The molecule has 0 radical (unpaired) electrons. The van der Waals surface area contributed by atoms with Crippen molar-refractivity contribution in [2.24, 2.45) is 10.9 Å². The van der Waals surface area contributed by atoms with Gasteiger partial charge < -0.3 is 15.8 Å². The molecular weight excluding hydrogens is 249 g/mol. The van der Waals surface area contributed by atoms with E-state index in [1.54, 1.807) is 14.0 Å². The number of nitrogens with zero attached hydrogens (tertiary/aromatic N) is 3. The second kappa shape index (κ2) is 5.11. The van der Waals surface area contributed by atoms with Gasteiger partial charge in [0.05, 0.1) is 5.56 Å². The third-order valence-electron chi connectivity index (χ3n) is 2.39. The third kappa shape index (κ3) is 2.82. The number of rotatable bonds is 3. The Morgan fingerprint density at radius 3 is 2.56 bits per heavy atom. The number of nitrogens with two attached hydrogens (primary N) is 1. The zero-order valence-corrected chi connectivity index (χ0v) is 9.86. The highest BCUT2D eigenvalue weighted by Crippen LogP contribution is 2.30. The first-order valence-electron chi connectivity index (χ1n) is 5.08. The van der Waals surface area contributed by atoms with Crippen LogP contribution in [0.4, 0.5) is 19.0 Å². The molecule has 0 aliphatic heterocycles. The molecule has 5 nitrogen and oxygen atoms in total. The number of oxime groups is 1. The quantitative estimate of drug-likeness (QED) is 0.376. The van der Waals surface area contributed by atoms with E-state index in [1.807, 2.05) is 0 Å². The Bertz CT molecular complexity index is 459. The molecule has 0 bridgehead atoms. The summed E-state index contributed by atoms with van der Waals surface area (Å²) in [7, 11) is 1.57. The second-order valence-corrected chi connectivity index (χ2v) is 3.56. The van der Waals surface area contributed by atoms with Gasteiger partial charge >= 0.3 is 6.18 Å². The zero-order valence-electron chi connectivity index (χ0n) is 9.86. The van der Waals surface area contributed by atoms with Gasteiger partial charge in [-0.15, -0.1) is 0 Å². The second-order valence-electron chi connectivity index (χ2n) is 3.56. The smallest absolute Gasteiger partial charge is 0.409 e. The average molecular weight is 262 g/mol. The Kier molecular flexibility index (Phi) is 4.00. The first-order valence-corrected chi connectivity index (χ1v) is 5.08. The standard InChI is InChI=1S/C10H13F3N4O/c1-3-17(2)9-6(8(14)16-18)4-5-7(15-9)10(11,12)13/h4-5,18H,3H2,1-2H3,(H2,14,16). The molecule has 1 aromatic rings. The Morgan fingerprint density at radius 1 is 1.50 bits per heavy atom. The van der Waals surface area contributed by atoms with E-state index < -0.39 is 11.9 Å². The fourth-order valence-corrected chi connectivity index (χ4v) is 1.30. The van der Waals surface area contributed by atoms with E-state index in [1.165, 1.54) is 4.90 Å². The lowest BCUT2D eigenvalue weighted by Gasteiger charge is -2.20. The molecule has 0 aliphatic rings. The van der Waals surface area contributed by atoms with E-state index in [9.17, 15) is 13.2 Å². The van der Waals surface area contributed by atoms with E-state index in [4.69, 9.17) is 10.9 Å². The van der Waals surface area contributed by atoms with Gasteiger partial charge in [-0.2, -0.15) is 13.2 Å². The van der Waals surface area contributed by atoms with Crippen LogP contribution in [0.1, 0.15) is 18.2 Å². The number of halogens is 3. The van der Waals surface area contributed by atoms with Gasteiger partial charge in [0.25, 0.3) is 0 Å². The Balaban J connectivity index is 3.39. The summed E-state index contributed by atoms with van der Waals surface area (Å²) in [5.74, 6) is -0.269. The maximum atomic E-state index is 12.6. The Morgan fingerprint density at radius 2 is 2.11 bits per heavy atom. The minimum Gasteiger partial charge on any atom is -0.409 e. The molecule has 18 heavy (non-hydrogen) atoms. The van der Waals surface area contributed by atoms with Gasteiger partial charge in [-0.05, 0) is 19.1 Å². The van der Waals surface area contributed by atoms with Crippen molar-refractivity contribution >= 4 is 11.7 Å². The molecular formula is C10H13F3N4O. The van der Waals surface area contributed by atoms with E-state index in [2.05, 4.69) is 10.1 Å². The summed E-state index contributed by atoms with van der Waals surface area (Å²) in [6.07, 6.45) is -4.53. The van der Waals surface area contributed by atoms with Crippen molar-refractivity contribution in [1.29, 1.82) is 0 Å². The predicted octanol–water partition coefficient (Wildman–Crippen LogP) is 1.65. The number of anilines is 1. The van der Waals surface area contributed by atoms with Crippen LogP contribution in [0.3, 0.4) is 0 Å². The van der Waals surface area contributed by atoms with Crippen LogP contribution in [-0.2, 0) is 6.18 Å². The SMILES string of the molecule is CCN(C)c1nc(C(F)(F)F)ccc1C(N)=NO. The van der Waals surface area contributed by atoms with Crippen LogP contribution in [0.2, 0.25) is 0 Å². The molecule has 8 heteroatoms. The monoisotopic (exact) mass is 262 g/mol. The van der Waals surface area contributed by atoms with Crippen molar-refractivity contribution in [3.8, 4) is 0 Å². The molecule has 0 spiro atoms. The minimum absolute atomic E-state index is 0.0163. The van der Waals surface area contributed by atoms with Gasteiger partial charge in [0.15, 0.2) is 5.84 Å². The van der Waals surface area contributed by atoms with Crippen molar-refractivity contribution in [1.82, 2.24) is 4.98 Å². The number of amidine groups is 1. The Labute approximate surface area is 102 Å². The zero-order chi connectivity index (χ0) is 13.9. The van der Waals surface area contributed by atoms with Gasteiger partial charge in [0.2, 0.25) is 0 Å². The number of alkyl halides is 3. The largest absolute Gasteiger partial charge is 0.433 e. The highest BCUT2D eigenvalue weighted by Gasteiger charge is 2.33.